The number of amides is 2. The zero-order valence-electron chi connectivity index (χ0n) is 22.3. The van der Waals surface area contributed by atoms with E-state index in [9.17, 15) is 23.5 Å². The first-order chi connectivity index (χ1) is 18.1. The normalized spacial score (nSPS) is 12.0. The molecule has 1 unspecified atom stereocenters. The Labute approximate surface area is 222 Å². The molecule has 0 aromatic heterocycles. The number of ether oxygens (including phenoxy) is 3. The summed E-state index contributed by atoms with van der Waals surface area (Å²) in [5.74, 6) is -2.51. The molecule has 2 amide bonds. The highest BCUT2D eigenvalue weighted by Crippen LogP contribution is 2.21. The molecule has 0 aliphatic rings. The van der Waals surface area contributed by atoms with Crippen molar-refractivity contribution >= 4 is 17.7 Å². The van der Waals surface area contributed by atoms with Gasteiger partial charge >= 0.3 is 12.0 Å². The fourth-order valence-electron chi connectivity index (χ4n) is 3.76. The van der Waals surface area contributed by atoms with E-state index in [1.807, 2.05) is 0 Å². The lowest BCUT2D eigenvalue weighted by Crippen LogP contribution is -2.38. The van der Waals surface area contributed by atoms with Gasteiger partial charge in [0.15, 0.2) is 6.10 Å². The molecule has 0 saturated heterocycles. The second-order valence-corrected chi connectivity index (χ2v) is 9.01. The number of nitrogens with one attached hydrogen (secondary N) is 1. The summed E-state index contributed by atoms with van der Waals surface area (Å²) in [4.78, 5) is 25.9. The van der Waals surface area contributed by atoms with Crippen LogP contribution in [0.2, 0.25) is 0 Å². The Kier molecular flexibility index (Phi) is 12.8. The minimum atomic E-state index is -2.69. The van der Waals surface area contributed by atoms with Crippen LogP contribution in [-0.2, 0) is 16.0 Å². The van der Waals surface area contributed by atoms with Gasteiger partial charge in [-0.25, -0.2) is 18.4 Å². The van der Waals surface area contributed by atoms with Crippen LogP contribution < -0.4 is 14.8 Å². The molecule has 8 nitrogen and oxygen atoms in total. The number of halogens is 2. The monoisotopic (exact) mass is 536 g/mol. The first kappa shape index (κ1) is 30.8. The van der Waals surface area contributed by atoms with Crippen LogP contribution in [0.3, 0.4) is 0 Å². The van der Waals surface area contributed by atoms with Crippen molar-refractivity contribution in [3.8, 4) is 11.5 Å². The van der Waals surface area contributed by atoms with Crippen molar-refractivity contribution in [2.75, 3.05) is 38.7 Å². The lowest BCUT2D eigenvalue weighted by atomic mass is 10.1. The summed E-state index contributed by atoms with van der Waals surface area (Å²) in [6.45, 7) is 3.86. The number of carboxylic acids is 1. The SMILES string of the molecule is CCOC(Cc1ccc(OCCN(CCCCCC(C)(F)F)C(=O)Nc2cccc(OC)c2)cc1)C(=O)O. The highest BCUT2D eigenvalue weighted by atomic mass is 19.3. The maximum atomic E-state index is 13.1. The molecule has 38 heavy (non-hydrogen) atoms. The average molecular weight is 537 g/mol. The maximum Gasteiger partial charge on any atom is 0.333 e. The van der Waals surface area contributed by atoms with E-state index >= 15 is 0 Å². The Morgan fingerprint density at radius 1 is 1.05 bits per heavy atom. The number of alkyl halides is 2. The highest BCUT2D eigenvalue weighted by molar-refractivity contribution is 5.89. The third-order valence-electron chi connectivity index (χ3n) is 5.77. The number of urea groups is 1. The Bertz CT molecular complexity index is 998. The molecule has 2 aromatic carbocycles. The van der Waals surface area contributed by atoms with Crippen LogP contribution in [0.25, 0.3) is 0 Å². The molecule has 0 bridgehead atoms. The molecule has 0 aliphatic carbocycles. The molecule has 2 aromatic rings. The summed E-state index contributed by atoms with van der Waals surface area (Å²) >= 11 is 0. The molecule has 2 rings (SSSR count). The van der Waals surface area contributed by atoms with Crippen molar-refractivity contribution in [3.05, 3.63) is 54.1 Å². The molecule has 0 fully saturated rings. The number of hydrogen-bond donors (Lipinski definition) is 2. The summed E-state index contributed by atoms with van der Waals surface area (Å²) in [7, 11) is 1.54. The number of nitrogens with zero attached hydrogens (tertiary/aromatic N) is 1. The summed E-state index contributed by atoms with van der Waals surface area (Å²) < 4.78 is 42.4. The Hall–Kier alpha value is -3.40. The molecule has 0 aliphatic heterocycles. The van der Waals surface area contributed by atoms with E-state index in [1.54, 1.807) is 67.5 Å². The molecule has 0 saturated carbocycles. The minimum Gasteiger partial charge on any atom is -0.497 e. The summed E-state index contributed by atoms with van der Waals surface area (Å²) in [5.41, 5.74) is 1.38. The minimum absolute atomic E-state index is 0.181. The fourth-order valence-corrected chi connectivity index (χ4v) is 3.76. The lowest BCUT2D eigenvalue weighted by molar-refractivity contribution is -0.149. The van der Waals surface area contributed by atoms with E-state index in [-0.39, 0.29) is 32.0 Å². The summed E-state index contributed by atoms with van der Waals surface area (Å²) in [6, 6.07) is 13.7. The largest absolute Gasteiger partial charge is 0.497 e. The molecule has 2 N–H and O–H groups in total. The zero-order valence-corrected chi connectivity index (χ0v) is 22.3. The van der Waals surface area contributed by atoms with Crippen molar-refractivity contribution in [1.82, 2.24) is 4.90 Å². The van der Waals surface area contributed by atoms with Gasteiger partial charge in [0.1, 0.15) is 18.1 Å². The predicted octanol–water partition coefficient (Wildman–Crippen LogP) is 5.86. The van der Waals surface area contributed by atoms with Crippen molar-refractivity contribution in [2.24, 2.45) is 0 Å². The van der Waals surface area contributed by atoms with Crippen LogP contribution in [0, 0.1) is 0 Å². The van der Waals surface area contributed by atoms with Gasteiger partial charge in [0.25, 0.3) is 0 Å². The number of carbonyl (C=O) groups excluding carboxylic acids is 1. The second-order valence-electron chi connectivity index (χ2n) is 9.01. The molecule has 0 heterocycles. The fraction of sp³-hybridized carbons (Fsp3) is 0.500. The van der Waals surface area contributed by atoms with E-state index < -0.39 is 18.0 Å². The zero-order chi connectivity index (χ0) is 28.0. The topological polar surface area (TPSA) is 97.3 Å². The molecule has 10 heteroatoms. The van der Waals surface area contributed by atoms with Crippen LogP contribution in [0.4, 0.5) is 19.3 Å². The number of anilines is 1. The van der Waals surface area contributed by atoms with Gasteiger partial charge in [-0.15, -0.1) is 0 Å². The van der Waals surface area contributed by atoms with Gasteiger partial charge in [-0.2, -0.15) is 0 Å². The van der Waals surface area contributed by atoms with Crippen molar-refractivity contribution in [2.45, 2.75) is 58.0 Å². The molecule has 210 valence electrons. The van der Waals surface area contributed by atoms with Crippen LogP contribution in [0.1, 0.15) is 45.1 Å². The molecule has 1 atom stereocenters. The van der Waals surface area contributed by atoms with E-state index in [1.165, 1.54) is 0 Å². The Morgan fingerprint density at radius 3 is 2.42 bits per heavy atom. The molecule has 0 spiro atoms. The molecule has 0 radical (unpaired) electrons. The number of benzene rings is 2. The quantitative estimate of drug-likeness (QED) is 0.246. The first-order valence-electron chi connectivity index (χ1n) is 12.7. The number of unbranched alkanes of at least 4 members (excludes halogenated alkanes) is 2. The Balaban J connectivity index is 1.93. The standard InChI is InChI=1S/C28H38F2N2O6/c1-4-37-25(26(33)34)19-21-11-13-23(14-12-21)38-18-17-32(16-7-5-6-15-28(2,29)30)27(35)31-22-9-8-10-24(20-22)36-3/h8-14,20,25H,4-7,15-19H2,1-3H3,(H,31,35)(H,33,34). The number of rotatable bonds is 17. The number of methoxy groups -OCH3 is 1. The van der Waals surface area contributed by atoms with Crippen molar-refractivity contribution in [1.29, 1.82) is 0 Å². The van der Waals surface area contributed by atoms with Crippen LogP contribution in [0.15, 0.2) is 48.5 Å². The van der Waals surface area contributed by atoms with Crippen molar-refractivity contribution < 1.29 is 37.7 Å². The van der Waals surface area contributed by atoms with Crippen molar-refractivity contribution in [3.63, 3.8) is 0 Å². The third kappa shape index (κ3) is 11.8. The number of carbonyl (C=O) groups is 2. The van der Waals surface area contributed by atoms with Gasteiger partial charge in [-0.05, 0) is 56.5 Å². The van der Waals surface area contributed by atoms with Gasteiger partial charge in [0.2, 0.25) is 5.92 Å². The second kappa shape index (κ2) is 15.8. The van der Waals surface area contributed by atoms with Gasteiger partial charge in [0, 0.05) is 37.7 Å². The average Bonchev–Trinajstić information content (AvgIpc) is 2.87. The van der Waals surface area contributed by atoms with E-state index in [2.05, 4.69) is 5.32 Å². The maximum absolute atomic E-state index is 13.1. The lowest BCUT2D eigenvalue weighted by Gasteiger charge is -2.23. The molecular weight excluding hydrogens is 498 g/mol. The van der Waals surface area contributed by atoms with E-state index in [4.69, 9.17) is 14.2 Å². The van der Waals surface area contributed by atoms with Crippen LogP contribution in [0.5, 0.6) is 11.5 Å². The van der Waals surface area contributed by atoms with E-state index in [0.29, 0.717) is 49.6 Å². The number of hydrogen-bond acceptors (Lipinski definition) is 5. The van der Waals surface area contributed by atoms with Gasteiger partial charge in [-0.3, -0.25) is 0 Å². The number of aliphatic carboxylic acids is 1. The van der Waals surface area contributed by atoms with Gasteiger partial charge < -0.3 is 29.5 Å². The summed E-state index contributed by atoms with van der Waals surface area (Å²) in [6.07, 6.45) is 0.691. The predicted molar refractivity (Wildman–Crippen MR) is 141 cm³/mol. The highest BCUT2D eigenvalue weighted by Gasteiger charge is 2.20. The number of carboxylic acid groups (broad SMARTS) is 1. The Morgan fingerprint density at radius 2 is 1.79 bits per heavy atom. The van der Waals surface area contributed by atoms with Gasteiger partial charge in [0.05, 0.1) is 13.7 Å². The first-order valence-corrected chi connectivity index (χ1v) is 12.7. The third-order valence-corrected chi connectivity index (χ3v) is 5.77. The molecular formula is C28H38F2N2O6. The smallest absolute Gasteiger partial charge is 0.333 e. The van der Waals surface area contributed by atoms with Crippen LogP contribution in [-0.4, -0.2) is 67.4 Å². The van der Waals surface area contributed by atoms with Gasteiger partial charge in [-0.1, -0.05) is 24.6 Å². The van der Waals surface area contributed by atoms with Crippen LogP contribution >= 0.6 is 0 Å². The summed E-state index contributed by atoms with van der Waals surface area (Å²) in [5, 5.41) is 12.1. The van der Waals surface area contributed by atoms with E-state index in [0.717, 1.165) is 12.5 Å².